The SMILES string of the molecule is COc1cc(Oc2ccccc2)cc2c3c(oc12)CCNC3.Cl. The molecule has 4 nitrogen and oxygen atoms in total. The Labute approximate surface area is 140 Å². The molecule has 0 fully saturated rings. The second-order valence-electron chi connectivity index (χ2n) is 5.35. The lowest BCUT2D eigenvalue weighted by Gasteiger charge is -2.11. The Morgan fingerprint density at radius 3 is 2.70 bits per heavy atom. The van der Waals surface area contributed by atoms with E-state index in [-0.39, 0.29) is 12.4 Å². The summed E-state index contributed by atoms with van der Waals surface area (Å²) in [5, 5.41) is 4.45. The van der Waals surface area contributed by atoms with E-state index in [1.54, 1.807) is 7.11 Å². The van der Waals surface area contributed by atoms with E-state index in [1.807, 2.05) is 42.5 Å². The molecule has 0 saturated carbocycles. The molecule has 1 N–H and O–H groups in total. The third-order valence-electron chi connectivity index (χ3n) is 3.94. The molecule has 0 bridgehead atoms. The lowest BCUT2D eigenvalue weighted by Crippen LogP contribution is -2.22. The first-order chi connectivity index (χ1) is 10.8. The van der Waals surface area contributed by atoms with E-state index in [4.69, 9.17) is 13.9 Å². The fraction of sp³-hybridized carbons (Fsp3) is 0.222. The monoisotopic (exact) mass is 331 g/mol. The van der Waals surface area contributed by atoms with Crippen LogP contribution in [0, 0.1) is 0 Å². The van der Waals surface area contributed by atoms with Crippen LogP contribution in [0.4, 0.5) is 0 Å². The topological polar surface area (TPSA) is 43.6 Å². The van der Waals surface area contributed by atoms with Gasteiger partial charge in [0.15, 0.2) is 11.3 Å². The first kappa shape index (κ1) is 15.7. The molecule has 0 amide bonds. The maximum Gasteiger partial charge on any atom is 0.176 e. The fourth-order valence-corrected chi connectivity index (χ4v) is 2.89. The van der Waals surface area contributed by atoms with E-state index in [1.165, 1.54) is 5.56 Å². The second-order valence-corrected chi connectivity index (χ2v) is 5.35. The minimum absolute atomic E-state index is 0. The summed E-state index contributed by atoms with van der Waals surface area (Å²) in [6, 6.07) is 13.6. The van der Waals surface area contributed by atoms with Gasteiger partial charge in [0.2, 0.25) is 0 Å². The molecule has 0 saturated heterocycles. The summed E-state index contributed by atoms with van der Waals surface area (Å²) in [5.74, 6) is 3.31. The Kier molecular flexibility index (Phi) is 4.46. The molecule has 2 heterocycles. The number of ether oxygens (including phenoxy) is 2. The van der Waals surface area contributed by atoms with E-state index < -0.39 is 0 Å². The largest absolute Gasteiger partial charge is 0.493 e. The molecule has 0 unspecified atom stereocenters. The standard InChI is InChI=1S/C18H17NO3.ClH/c1-20-17-10-13(21-12-5-3-2-4-6-12)9-14-15-11-19-8-7-16(15)22-18(14)17;/h2-6,9-10,19H,7-8,11H2,1H3;1H. The number of halogens is 1. The summed E-state index contributed by atoms with van der Waals surface area (Å²) in [7, 11) is 1.65. The van der Waals surface area contributed by atoms with Crippen LogP contribution in [0.3, 0.4) is 0 Å². The van der Waals surface area contributed by atoms with Crippen molar-refractivity contribution in [3.63, 3.8) is 0 Å². The third-order valence-corrected chi connectivity index (χ3v) is 3.94. The van der Waals surface area contributed by atoms with Gasteiger partial charge in [0.25, 0.3) is 0 Å². The number of fused-ring (bicyclic) bond motifs is 3. The van der Waals surface area contributed by atoms with E-state index in [0.717, 1.165) is 47.7 Å². The van der Waals surface area contributed by atoms with Crippen LogP contribution in [0.1, 0.15) is 11.3 Å². The fourth-order valence-electron chi connectivity index (χ4n) is 2.89. The summed E-state index contributed by atoms with van der Waals surface area (Å²) < 4.78 is 17.4. The molecule has 2 aromatic carbocycles. The zero-order valence-corrected chi connectivity index (χ0v) is 13.6. The Bertz CT molecular complexity index is 814. The van der Waals surface area contributed by atoms with Gasteiger partial charge < -0.3 is 19.2 Å². The molecule has 1 aliphatic rings. The smallest absolute Gasteiger partial charge is 0.176 e. The van der Waals surface area contributed by atoms with Crippen LogP contribution in [-0.2, 0) is 13.0 Å². The number of methoxy groups -OCH3 is 1. The van der Waals surface area contributed by atoms with Gasteiger partial charge in [-0.25, -0.2) is 0 Å². The average molecular weight is 332 g/mol. The van der Waals surface area contributed by atoms with Crippen LogP contribution in [0.5, 0.6) is 17.2 Å². The van der Waals surface area contributed by atoms with Crippen LogP contribution >= 0.6 is 12.4 Å². The van der Waals surface area contributed by atoms with E-state index >= 15 is 0 Å². The van der Waals surface area contributed by atoms with Crippen LogP contribution in [0.25, 0.3) is 11.0 Å². The summed E-state index contributed by atoms with van der Waals surface area (Å²) in [6.07, 6.45) is 0.905. The van der Waals surface area contributed by atoms with Gasteiger partial charge in [-0.1, -0.05) is 18.2 Å². The number of nitrogens with one attached hydrogen (secondary N) is 1. The molecular formula is C18H18ClNO3. The van der Waals surface area contributed by atoms with Crippen molar-refractivity contribution in [2.75, 3.05) is 13.7 Å². The number of furan rings is 1. The van der Waals surface area contributed by atoms with Crippen molar-refractivity contribution in [3.8, 4) is 17.2 Å². The van der Waals surface area contributed by atoms with Crippen LogP contribution < -0.4 is 14.8 Å². The quantitative estimate of drug-likeness (QED) is 0.777. The molecule has 1 aliphatic heterocycles. The summed E-state index contributed by atoms with van der Waals surface area (Å²) in [4.78, 5) is 0. The highest BCUT2D eigenvalue weighted by molar-refractivity contribution is 5.89. The van der Waals surface area contributed by atoms with Gasteiger partial charge in [-0.3, -0.25) is 0 Å². The summed E-state index contributed by atoms with van der Waals surface area (Å²) >= 11 is 0. The highest BCUT2D eigenvalue weighted by Crippen LogP contribution is 2.38. The lowest BCUT2D eigenvalue weighted by molar-refractivity contribution is 0.401. The Hall–Kier alpha value is -2.17. The van der Waals surface area contributed by atoms with Crippen molar-refractivity contribution in [1.82, 2.24) is 5.32 Å². The summed E-state index contributed by atoms with van der Waals surface area (Å²) in [6.45, 7) is 1.77. The lowest BCUT2D eigenvalue weighted by atomic mass is 10.1. The number of hydrogen-bond acceptors (Lipinski definition) is 4. The molecule has 0 atom stereocenters. The van der Waals surface area contributed by atoms with Gasteiger partial charge >= 0.3 is 0 Å². The highest BCUT2D eigenvalue weighted by atomic mass is 35.5. The summed E-state index contributed by atoms with van der Waals surface area (Å²) in [5.41, 5.74) is 2.01. The molecule has 0 spiro atoms. The van der Waals surface area contributed by atoms with Gasteiger partial charge in [0.05, 0.1) is 7.11 Å². The van der Waals surface area contributed by atoms with Crippen LogP contribution in [-0.4, -0.2) is 13.7 Å². The average Bonchev–Trinajstić information content (AvgIpc) is 2.94. The molecule has 120 valence electrons. The van der Waals surface area contributed by atoms with Crippen molar-refractivity contribution in [2.24, 2.45) is 0 Å². The number of benzene rings is 2. The van der Waals surface area contributed by atoms with E-state index in [9.17, 15) is 0 Å². The van der Waals surface area contributed by atoms with Gasteiger partial charge in [0, 0.05) is 36.5 Å². The molecule has 4 rings (SSSR count). The van der Waals surface area contributed by atoms with Crippen molar-refractivity contribution in [2.45, 2.75) is 13.0 Å². The molecule has 3 aromatic rings. The first-order valence-electron chi connectivity index (χ1n) is 7.41. The Morgan fingerprint density at radius 1 is 1.09 bits per heavy atom. The predicted octanol–water partition coefficient (Wildman–Crippen LogP) is 4.30. The van der Waals surface area contributed by atoms with Crippen LogP contribution in [0.15, 0.2) is 46.9 Å². The number of rotatable bonds is 3. The Morgan fingerprint density at radius 2 is 1.91 bits per heavy atom. The van der Waals surface area contributed by atoms with Gasteiger partial charge in [-0.05, 0) is 18.2 Å². The zero-order chi connectivity index (χ0) is 14.9. The highest BCUT2D eigenvalue weighted by Gasteiger charge is 2.21. The predicted molar refractivity (Wildman–Crippen MR) is 91.9 cm³/mol. The molecule has 23 heavy (non-hydrogen) atoms. The normalized spacial score (nSPS) is 13.3. The number of para-hydroxylation sites is 1. The van der Waals surface area contributed by atoms with Crippen molar-refractivity contribution >= 4 is 23.4 Å². The van der Waals surface area contributed by atoms with Crippen LogP contribution in [0.2, 0.25) is 0 Å². The van der Waals surface area contributed by atoms with Crippen molar-refractivity contribution in [1.29, 1.82) is 0 Å². The molecule has 0 aliphatic carbocycles. The number of hydrogen-bond donors (Lipinski definition) is 1. The first-order valence-corrected chi connectivity index (χ1v) is 7.41. The van der Waals surface area contributed by atoms with Gasteiger partial charge in [-0.15, -0.1) is 12.4 Å². The van der Waals surface area contributed by atoms with Crippen molar-refractivity contribution < 1.29 is 13.9 Å². The van der Waals surface area contributed by atoms with Gasteiger partial charge in [0.1, 0.15) is 17.3 Å². The third kappa shape index (κ3) is 2.87. The molecule has 1 aromatic heterocycles. The van der Waals surface area contributed by atoms with Gasteiger partial charge in [-0.2, -0.15) is 0 Å². The minimum Gasteiger partial charge on any atom is -0.493 e. The molecular weight excluding hydrogens is 314 g/mol. The second kappa shape index (κ2) is 6.52. The minimum atomic E-state index is 0. The van der Waals surface area contributed by atoms with E-state index in [0.29, 0.717) is 5.75 Å². The Balaban J connectivity index is 0.00000156. The maximum atomic E-state index is 6.00. The molecule has 5 heteroatoms. The maximum absolute atomic E-state index is 6.00. The van der Waals surface area contributed by atoms with Crippen molar-refractivity contribution in [3.05, 3.63) is 53.8 Å². The molecule has 0 radical (unpaired) electrons. The zero-order valence-electron chi connectivity index (χ0n) is 12.8. The van der Waals surface area contributed by atoms with E-state index in [2.05, 4.69) is 5.32 Å².